The third-order valence-electron chi connectivity index (χ3n) is 3.17. The summed E-state index contributed by atoms with van der Waals surface area (Å²) in [6.07, 6.45) is 0.191. The molecule has 88 valence electrons. The summed E-state index contributed by atoms with van der Waals surface area (Å²) in [6, 6.07) is 18.2. The van der Waals surface area contributed by atoms with Gasteiger partial charge in [0.05, 0.1) is 23.0 Å². The average Bonchev–Trinajstić information content (AvgIpc) is 2.74. The molecule has 3 nitrogen and oxygen atoms in total. The summed E-state index contributed by atoms with van der Waals surface area (Å²) < 4.78 is 0. The minimum atomic E-state index is 0.191. The van der Waals surface area contributed by atoms with Crippen molar-refractivity contribution in [3.63, 3.8) is 0 Å². The van der Waals surface area contributed by atoms with Crippen molar-refractivity contribution in [2.24, 2.45) is 0 Å². The molecule has 1 aliphatic rings. The van der Waals surface area contributed by atoms with Crippen molar-refractivity contribution in [1.82, 2.24) is 0 Å². The van der Waals surface area contributed by atoms with Gasteiger partial charge < -0.3 is 10.2 Å². The van der Waals surface area contributed by atoms with Crippen LogP contribution in [-0.2, 0) is 0 Å². The molecule has 0 amide bonds. The van der Waals surface area contributed by atoms with E-state index >= 15 is 0 Å². The van der Waals surface area contributed by atoms with Crippen molar-refractivity contribution in [3.05, 3.63) is 54.1 Å². The standard InChI is InChI=1S/C15H13N3/c1-11-17-14-9-12(10-16)7-8-15(14)18(11)13-5-3-2-4-6-13/h2-9,11,17H,1H3. The van der Waals surface area contributed by atoms with Crippen molar-refractivity contribution in [2.45, 2.75) is 13.1 Å². The zero-order valence-corrected chi connectivity index (χ0v) is 10.1. The maximum absolute atomic E-state index is 8.93. The lowest BCUT2D eigenvalue weighted by Crippen LogP contribution is -2.28. The van der Waals surface area contributed by atoms with Crippen LogP contribution in [0.2, 0.25) is 0 Å². The Morgan fingerprint density at radius 2 is 1.94 bits per heavy atom. The van der Waals surface area contributed by atoms with Gasteiger partial charge in [0.2, 0.25) is 0 Å². The van der Waals surface area contributed by atoms with Crippen molar-refractivity contribution < 1.29 is 0 Å². The fourth-order valence-electron chi connectivity index (χ4n) is 2.38. The molecule has 2 aromatic carbocycles. The quantitative estimate of drug-likeness (QED) is 0.822. The van der Waals surface area contributed by atoms with Crippen LogP contribution >= 0.6 is 0 Å². The highest BCUT2D eigenvalue weighted by Crippen LogP contribution is 2.40. The summed E-state index contributed by atoms with van der Waals surface area (Å²) in [5, 5.41) is 12.3. The number of nitrogens with one attached hydrogen (secondary N) is 1. The fraction of sp³-hybridized carbons (Fsp3) is 0.133. The van der Waals surface area contributed by atoms with E-state index in [1.807, 2.05) is 36.4 Å². The first-order valence-corrected chi connectivity index (χ1v) is 5.94. The van der Waals surface area contributed by atoms with Gasteiger partial charge in [0.1, 0.15) is 6.17 Å². The molecule has 0 fully saturated rings. The van der Waals surface area contributed by atoms with E-state index in [4.69, 9.17) is 5.26 Å². The molecule has 0 saturated carbocycles. The second-order valence-electron chi connectivity index (χ2n) is 4.37. The van der Waals surface area contributed by atoms with Crippen LogP contribution < -0.4 is 10.2 Å². The molecule has 1 unspecified atom stereocenters. The topological polar surface area (TPSA) is 39.1 Å². The molecular weight excluding hydrogens is 222 g/mol. The summed E-state index contributed by atoms with van der Waals surface area (Å²) in [5.74, 6) is 0. The van der Waals surface area contributed by atoms with Gasteiger partial charge in [-0.2, -0.15) is 5.26 Å². The second kappa shape index (κ2) is 4.08. The van der Waals surface area contributed by atoms with Crippen LogP contribution in [0.1, 0.15) is 12.5 Å². The first-order chi connectivity index (χ1) is 8.79. The van der Waals surface area contributed by atoms with Crippen molar-refractivity contribution in [2.75, 3.05) is 10.2 Å². The maximum Gasteiger partial charge on any atom is 0.101 e. The number of rotatable bonds is 1. The van der Waals surface area contributed by atoms with E-state index in [9.17, 15) is 0 Å². The van der Waals surface area contributed by atoms with Crippen LogP contribution in [0.5, 0.6) is 0 Å². The number of nitriles is 1. The van der Waals surface area contributed by atoms with Gasteiger partial charge >= 0.3 is 0 Å². The number of para-hydroxylation sites is 1. The molecule has 1 aliphatic heterocycles. The van der Waals surface area contributed by atoms with Crippen LogP contribution in [0, 0.1) is 11.3 Å². The maximum atomic E-state index is 8.93. The van der Waals surface area contributed by atoms with Gasteiger partial charge in [-0.1, -0.05) is 18.2 Å². The zero-order valence-electron chi connectivity index (χ0n) is 10.1. The fourth-order valence-corrected chi connectivity index (χ4v) is 2.38. The number of benzene rings is 2. The summed E-state index contributed by atoms with van der Waals surface area (Å²) in [5.41, 5.74) is 3.97. The average molecular weight is 235 g/mol. The molecule has 0 bridgehead atoms. The smallest absolute Gasteiger partial charge is 0.101 e. The van der Waals surface area contributed by atoms with E-state index in [1.165, 1.54) is 0 Å². The Balaban J connectivity index is 2.08. The van der Waals surface area contributed by atoms with Crippen LogP contribution in [0.3, 0.4) is 0 Å². The third kappa shape index (κ3) is 1.59. The molecular formula is C15H13N3. The lowest BCUT2D eigenvalue weighted by molar-refractivity contribution is 0.843. The Labute approximate surface area is 106 Å². The van der Waals surface area contributed by atoms with Crippen molar-refractivity contribution in [3.8, 4) is 6.07 Å². The van der Waals surface area contributed by atoms with Gasteiger partial charge in [0.15, 0.2) is 0 Å². The number of nitrogens with zero attached hydrogens (tertiary/aromatic N) is 2. The number of hydrogen-bond donors (Lipinski definition) is 1. The molecule has 1 heterocycles. The van der Waals surface area contributed by atoms with Gasteiger partial charge in [-0.15, -0.1) is 0 Å². The van der Waals surface area contributed by atoms with Gasteiger partial charge in [0, 0.05) is 5.69 Å². The van der Waals surface area contributed by atoms with Crippen LogP contribution in [0.15, 0.2) is 48.5 Å². The van der Waals surface area contributed by atoms with Gasteiger partial charge in [-0.3, -0.25) is 0 Å². The molecule has 0 aromatic heterocycles. The predicted molar refractivity (Wildman–Crippen MR) is 72.8 cm³/mol. The van der Waals surface area contributed by atoms with E-state index < -0.39 is 0 Å². The minimum absolute atomic E-state index is 0.191. The summed E-state index contributed by atoms with van der Waals surface area (Å²) in [4.78, 5) is 2.23. The largest absolute Gasteiger partial charge is 0.363 e. The lowest BCUT2D eigenvalue weighted by Gasteiger charge is -2.23. The van der Waals surface area contributed by atoms with Gasteiger partial charge in [0.25, 0.3) is 0 Å². The van der Waals surface area contributed by atoms with E-state index in [-0.39, 0.29) is 6.17 Å². The highest BCUT2D eigenvalue weighted by atomic mass is 15.3. The van der Waals surface area contributed by atoms with Crippen LogP contribution in [-0.4, -0.2) is 6.17 Å². The normalized spacial score (nSPS) is 16.9. The molecule has 1 atom stereocenters. The predicted octanol–water partition coefficient (Wildman–Crippen LogP) is 3.47. The Bertz CT molecular complexity index is 613. The summed E-state index contributed by atoms with van der Waals surface area (Å²) in [6.45, 7) is 2.11. The molecule has 3 heteroatoms. The molecule has 2 aromatic rings. The lowest BCUT2D eigenvalue weighted by atomic mass is 10.2. The van der Waals surface area contributed by atoms with E-state index in [0.29, 0.717) is 5.56 Å². The molecule has 18 heavy (non-hydrogen) atoms. The third-order valence-corrected chi connectivity index (χ3v) is 3.17. The Morgan fingerprint density at radius 1 is 1.17 bits per heavy atom. The van der Waals surface area contributed by atoms with Crippen LogP contribution in [0.4, 0.5) is 17.1 Å². The molecule has 0 spiro atoms. The zero-order chi connectivity index (χ0) is 12.5. The highest BCUT2D eigenvalue weighted by Gasteiger charge is 2.26. The van der Waals surface area contributed by atoms with E-state index in [1.54, 1.807) is 0 Å². The van der Waals surface area contributed by atoms with E-state index in [2.05, 4.69) is 35.3 Å². The second-order valence-corrected chi connectivity index (χ2v) is 4.37. The molecule has 0 aliphatic carbocycles. The molecule has 3 rings (SSSR count). The summed E-state index contributed by atoms with van der Waals surface area (Å²) in [7, 11) is 0. The molecule has 0 saturated heterocycles. The van der Waals surface area contributed by atoms with E-state index in [0.717, 1.165) is 17.1 Å². The number of anilines is 3. The van der Waals surface area contributed by atoms with Crippen LogP contribution in [0.25, 0.3) is 0 Å². The first kappa shape index (κ1) is 10.7. The van der Waals surface area contributed by atoms with Crippen molar-refractivity contribution >= 4 is 17.1 Å². The highest BCUT2D eigenvalue weighted by molar-refractivity contribution is 5.83. The number of fused-ring (bicyclic) bond motifs is 1. The van der Waals surface area contributed by atoms with Gasteiger partial charge in [-0.05, 0) is 37.3 Å². The molecule has 0 radical (unpaired) electrons. The number of hydrogen-bond acceptors (Lipinski definition) is 3. The monoisotopic (exact) mass is 235 g/mol. The Hall–Kier alpha value is -2.47. The SMILES string of the molecule is CC1Nc2cc(C#N)ccc2N1c1ccccc1. The minimum Gasteiger partial charge on any atom is -0.363 e. The summed E-state index contributed by atoms with van der Waals surface area (Å²) >= 11 is 0. The Kier molecular flexibility index (Phi) is 2.42. The Morgan fingerprint density at radius 3 is 2.67 bits per heavy atom. The van der Waals surface area contributed by atoms with Gasteiger partial charge in [-0.25, -0.2) is 0 Å². The first-order valence-electron chi connectivity index (χ1n) is 5.94. The van der Waals surface area contributed by atoms with Crippen molar-refractivity contribution in [1.29, 1.82) is 5.26 Å². The molecule has 1 N–H and O–H groups in total.